The summed E-state index contributed by atoms with van der Waals surface area (Å²) in [5.74, 6) is 0.229. The molecule has 1 heterocycles. The summed E-state index contributed by atoms with van der Waals surface area (Å²) in [5, 5.41) is 10.3. The normalized spacial score (nSPS) is 13.3. The van der Waals surface area contributed by atoms with Crippen molar-refractivity contribution in [2.45, 2.75) is 18.9 Å². The van der Waals surface area contributed by atoms with Crippen molar-refractivity contribution < 1.29 is 22.3 Å². The highest BCUT2D eigenvalue weighted by Crippen LogP contribution is 2.38. The molecule has 1 aromatic heterocycles. The van der Waals surface area contributed by atoms with Crippen LogP contribution in [0.1, 0.15) is 18.4 Å². The maximum atomic E-state index is 14.4. The number of ether oxygens (including phenoxy) is 2. The van der Waals surface area contributed by atoms with E-state index in [1.54, 1.807) is 36.4 Å². The summed E-state index contributed by atoms with van der Waals surface area (Å²) in [4.78, 5) is 4.07. The van der Waals surface area contributed by atoms with E-state index in [-0.39, 0.29) is 11.9 Å². The maximum Gasteiger partial charge on any atom is 0.231 e. The zero-order valence-electron chi connectivity index (χ0n) is 19.0. The Kier molecular flexibility index (Phi) is 6.16. The molecule has 0 atom stereocenters. The minimum atomic E-state index is -3.65. The van der Waals surface area contributed by atoms with Gasteiger partial charge in [0.1, 0.15) is 17.6 Å². The first-order valence-corrected chi connectivity index (χ1v) is 13.2. The Morgan fingerprint density at radius 3 is 2.44 bits per heavy atom. The average molecular weight is 524 g/mol. The van der Waals surface area contributed by atoms with Crippen LogP contribution in [0.25, 0.3) is 22.0 Å². The van der Waals surface area contributed by atoms with E-state index >= 15 is 0 Å². The molecule has 4 aromatic rings. The second kappa shape index (κ2) is 9.30. The third-order valence-electron chi connectivity index (χ3n) is 5.42. The van der Waals surface area contributed by atoms with Gasteiger partial charge in [-0.1, -0.05) is 29.8 Å². The number of nitrogens with one attached hydrogen (secondary N) is 1. The fourth-order valence-electron chi connectivity index (χ4n) is 3.61. The molecular weight excluding hydrogens is 505 g/mol. The van der Waals surface area contributed by atoms with E-state index in [0.29, 0.717) is 38.7 Å². The molecule has 7 nitrogen and oxygen atoms in total. The van der Waals surface area contributed by atoms with Crippen molar-refractivity contribution >= 4 is 38.3 Å². The highest BCUT2D eigenvalue weighted by molar-refractivity contribution is 7.92. The molecule has 1 aliphatic carbocycles. The molecule has 1 aliphatic rings. The maximum absolute atomic E-state index is 14.4. The second-order valence-corrected chi connectivity index (χ2v) is 10.6. The SMILES string of the molecule is CS(=O)(=O)Nc1nc2ccc(-c3ccc(Oc4cc(Cl)c(OC5CC5)c(C#N)c4)cc3)cc2cc1F. The van der Waals surface area contributed by atoms with Gasteiger partial charge in [0.2, 0.25) is 10.0 Å². The first-order chi connectivity index (χ1) is 17.2. The molecule has 0 amide bonds. The van der Waals surface area contributed by atoms with Crippen LogP contribution in [0.2, 0.25) is 5.02 Å². The van der Waals surface area contributed by atoms with Gasteiger partial charge in [0.25, 0.3) is 0 Å². The minimum absolute atomic E-state index is 0.113. The molecule has 1 N–H and O–H groups in total. The molecule has 5 rings (SSSR count). The molecule has 0 spiro atoms. The number of fused-ring (bicyclic) bond motifs is 1. The van der Waals surface area contributed by atoms with Gasteiger partial charge < -0.3 is 9.47 Å². The first kappa shape index (κ1) is 23.9. The van der Waals surface area contributed by atoms with Gasteiger partial charge in [-0.15, -0.1) is 0 Å². The molecule has 0 bridgehead atoms. The molecule has 0 saturated heterocycles. The smallest absolute Gasteiger partial charge is 0.231 e. The van der Waals surface area contributed by atoms with Gasteiger partial charge in [0.15, 0.2) is 17.4 Å². The number of nitriles is 1. The highest BCUT2D eigenvalue weighted by Gasteiger charge is 2.26. The molecule has 0 unspecified atom stereocenters. The zero-order valence-corrected chi connectivity index (χ0v) is 20.5. The fourth-order valence-corrected chi connectivity index (χ4v) is 4.36. The molecule has 0 radical (unpaired) electrons. The fraction of sp³-hybridized carbons (Fsp3) is 0.154. The van der Waals surface area contributed by atoms with Crippen molar-refractivity contribution in [3.8, 4) is 34.4 Å². The van der Waals surface area contributed by atoms with E-state index in [9.17, 15) is 18.1 Å². The van der Waals surface area contributed by atoms with Crippen LogP contribution >= 0.6 is 11.6 Å². The summed E-state index contributed by atoms with van der Waals surface area (Å²) in [6.07, 6.45) is 2.96. The summed E-state index contributed by atoms with van der Waals surface area (Å²) >= 11 is 6.34. The van der Waals surface area contributed by atoms with Crippen molar-refractivity contribution in [3.05, 3.63) is 77.1 Å². The molecule has 0 aliphatic heterocycles. The first-order valence-electron chi connectivity index (χ1n) is 11.0. The number of halogens is 2. The predicted octanol–water partition coefficient (Wildman–Crippen LogP) is 6.27. The molecule has 3 aromatic carbocycles. The number of benzene rings is 3. The van der Waals surface area contributed by atoms with Crippen molar-refractivity contribution in [1.29, 1.82) is 5.26 Å². The van der Waals surface area contributed by atoms with E-state index in [1.807, 2.05) is 18.2 Å². The van der Waals surface area contributed by atoms with Gasteiger partial charge >= 0.3 is 0 Å². The van der Waals surface area contributed by atoms with E-state index in [0.717, 1.165) is 30.2 Å². The third-order valence-corrected chi connectivity index (χ3v) is 6.27. The number of nitrogens with zero attached hydrogens (tertiary/aromatic N) is 2. The summed E-state index contributed by atoms with van der Waals surface area (Å²) in [6, 6.07) is 19.1. The lowest BCUT2D eigenvalue weighted by molar-refractivity contribution is 0.302. The summed E-state index contributed by atoms with van der Waals surface area (Å²) in [6.45, 7) is 0. The second-order valence-electron chi connectivity index (χ2n) is 8.44. The molecular formula is C26H19ClFN3O4S. The topological polar surface area (TPSA) is 101 Å². The lowest BCUT2D eigenvalue weighted by Gasteiger charge is -2.12. The Hall–Kier alpha value is -3.87. The van der Waals surface area contributed by atoms with E-state index in [2.05, 4.69) is 15.8 Å². The molecule has 1 fully saturated rings. The van der Waals surface area contributed by atoms with Crippen LogP contribution in [-0.2, 0) is 10.0 Å². The van der Waals surface area contributed by atoms with Gasteiger partial charge in [-0.3, -0.25) is 4.72 Å². The van der Waals surface area contributed by atoms with Gasteiger partial charge in [0.05, 0.1) is 28.5 Å². The molecule has 36 heavy (non-hydrogen) atoms. The van der Waals surface area contributed by atoms with Crippen molar-refractivity contribution in [2.24, 2.45) is 0 Å². The van der Waals surface area contributed by atoms with Gasteiger partial charge in [-0.2, -0.15) is 5.26 Å². The Labute approximate surface area is 212 Å². The summed E-state index contributed by atoms with van der Waals surface area (Å²) in [7, 11) is -3.65. The zero-order chi connectivity index (χ0) is 25.4. The van der Waals surface area contributed by atoms with Gasteiger partial charge in [0, 0.05) is 17.5 Å². The van der Waals surface area contributed by atoms with Crippen LogP contribution in [0, 0.1) is 17.1 Å². The predicted molar refractivity (Wildman–Crippen MR) is 135 cm³/mol. The van der Waals surface area contributed by atoms with E-state index in [4.69, 9.17) is 21.1 Å². The number of sulfonamides is 1. The molecule has 10 heteroatoms. The van der Waals surface area contributed by atoms with Gasteiger partial charge in [-0.05, 0) is 54.3 Å². The van der Waals surface area contributed by atoms with Crippen LogP contribution < -0.4 is 14.2 Å². The van der Waals surface area contributed by atoms with Crippen molar-refractivity contribution in [2.75, 3.05) is 11.0 Å². The number of anilines is 1. The van der Waals surface area contributed by atoms with Crippen LogP contribution in [0.15, 0.2) is 60.7 Å². The Morgan fingerprint density at radius 2 is 1.78 bits per heavy atom. The number of hydrogen-bond donors (Lipinski definition) is 1. The number of hydrogen-bond acceptors (Lipinski definition) is 6. The van der Waals surface area contributed by atoms with Crippen LogP contribution in [-0.4, -0.2) is 25.8 Å². The Bertz CT molecular complexity index is 1630. The monoisotopic (exact) mass is 523 g/mol. The standard InChI is InChI=1S/C26H19ClFN3O4S/c1-36(32,33)31-26-23(28)12-17-10-16(4-9-24(17)30-26)15-2-5-19(6-3-15)34-21-11-18(14-29)25(22(27)13-21)35-20-7-8-20/h2-6,9-13,20H,7-8H2,1H3,(H,30,31). The van der Waals surface area contributed by atoms with Gasteiger partial charge in [-0.25, -0.2) is 17.8 Å². The Morgan fingerprint density at radius 1 is 1.06 bits per heavy atom. The van der Waals surface area contributed by atoms with Crippen LogP contribution in [0.5, 0.6) is 17.2 Å². The number of aromatic nitrogens is 1. The minimum Gasteiger partial charge on any atom is -0.487 e. The third kappa shape index (κ3) is 5.35. The summed E-state index contributed by atoms with van der Waals surface area (Å²) < 4.78 is 50.9. The van der Waals surface area contributed by atoms with E-state index < -0.39 is 15.8 Å². The van der Waals surface area contributed by atoms with E-state index in [1.165, 1.54) is 6.07 Å². The largest absolute Gasteiger partial charge is 0.487 e. The highest BCUT2D eigenvalue weighted by atomic mass is 35.5. The molecule has 1 saturated carbocycles. The molecule has 182 valence electrons. The summed E-state index contributed by atoms with van der Waals surface area (Å²) in [5.41, 5.74) is 2.43. The lowest BCUT2D eigenvalue weighted by Crippen LogP contribution is -2.12. The quantitative estimate of drug-likeness (QED) is 0.306. The Balaban J connectivity index is 1.36. The lowest BCUT2D eigenvalue weighted by atomic mass is 10.0. The van der Waals surface area contributed by atoms with Crippen LogP contribution in [0.4, 0.5) is 10.2 Å². The van der Waals surface area contributed by atoms with Crippen LogP contribution in [0.3, 0.4) is 0 Å². The van der Waals surface area contributed by atoms with Crippen molar-refractivity contribution in [3.63, 3.8) is 0 Å². The number of pyridine rings is 1. The number of rotatable bonds is 7. The average Bonchev–Trinajstić information content (AvgIpc) is 3.65. The van der Waals surface area contributed by atoms with Crippen molar-refractivity contribution in [1.82, 2.24) is 4.98 Å².